The first kappa shape index (κ1) is 16.3. The molecule has 0 radical (unpaired) electrons. The number of imidazole rings is 1. The second kappa shape index (κ2) is 5.79. The minimum Gasteiger partial charge on any atom is -0.417 e. The molecule has 5 rings (SSSR count). The van der Waals surface area contributed by atoms with E-state index >= 15 is 0 Å². The average molecular weight is 384 g/mol. The quantitative estimate of drug-likeness (QED) is 0.262. The zero-order chi connectivity index (χ0) is 18.6. The fourth-order valence-electron chi connectivity index (χ4n) is 3.44. The molecule has 0 atom stereocenters. The van der Waals surface area contributed by atoms with Crippen LogP contribution >= 0.6 is 12.0 Å². The van der Waals surface area contributed by atoms with Gasteiger partial charge in [0.15, 0.2) is 12.0 Å². The average Bonchev–Trinajstić information content (AvgIpc) is 3.06. The van der Waals surface area contributed by atoms with Crippen molar-refractivity contribution in [1.29, 1.82) is 0 Å². The van der Waals surface area contributed by atoms with Crippen LogP contribution in [0.15, 0.2) is 66.7 Å². The first-order valence-corrected chi connectivity index (χ1v) is 8.89. The highest BCUT2D eigenvalue weighted by Gasteiger charge is 2.31. The summed E-state index contributed by atoms with van der Waals surface area (Å²) in [5, 5.41) is 2.65. The van der Waals surface area contributed by atoms with E-state index in [4.69, 9.17) is 9.17 Å². The van der Waals surface area contributed by atoms with Crippen molar-refractivity contribution in [3.8, 4) is 5.75 Å². The van der Waals surface area contributed by atoms with E-state index in [1.807, 2.05) is 52.9 Å². The Kier molecular flexibility index (Phi) is 3.48. The summed E-state index contributed by atoms with van der Waals surface area (Å²) in [5.41, 5.74) is -1.01. The van der Waals surface area contributed by atoms with Crippen molar-refractivity contribution in [2.45, 2.75) is 5.51 Å². The molecule has 2 heterocycles. The number of halogens is 3. The Morgan fingerprint density at radius 1 is 0.815 bits per heavy atom. The maximum Gasteiger partial charge on any atom is 0.479 e. The lowest BCUT2D eigenvalue weighted by molar-refractivity contribution is -0.0369. The Morgan fingerprint density at radius 3 is 2.37 bits per heavy atom. The summed E-state index contributed by atoms with van der Waals surface area (Å²) in [6.45, 7) is 0. The van der Waals surface area contributed by atoms with Gasteiger partial charge in [-0.3, -0.25) is 4.40 Å². The van der Waals surface area contributed by atoms with E-state index in [9.17, 15) is 13.2 Å². The van der Waals surface area contributed by atoms with Gasteiger partial charge < -0.3 is 4.18 Å². The first-order valence-electron chi connectivity index (χ1n) is 8.15. The number of fused-ring (bicyclic) bond motifs is 8. The van der Waals surface area contributed by atoms with Crippen LogP contribution in [-0.2, 0) is 0 Å². The smallest absolute Gasteiger partial charge is 0.417 e. The lowest BCUT2D eigenvalue weighted by Gasteiger charge is -2.11. The minimum absolute atomic E-state index is 0.133. The molecule has 3 nitrogen and oxygen atoms in total. The molecule has 3 aromatic carbocycles. The van der Waals surface area contributed by atoms with Gasteiger partial charge in [0, 0.05) is 10.8 Å². The predicted molar refractivity (Wildman–Crippen MR) is 102 cm³/mol. The van der Waals surface area contributed by atoms with E-state index < -0.39 is 17.6 Å². The SMILES string of the molecule is FC(F)(F)SOc1ccc2c3ccccc3n3c4ccccc4nc3c2c1. The second-order valence-corrected chi connectivity index (χ2v) is 6.89. The fraction of sp³-hybridized carbons (Fsp3) is 0.0500. The van der Waals surface area contributed by atoms with Crippen LogP contribution in [0.4, 0.5) is 13.2 Å². The Hall–Kier alpha value is -2.93. The van der Waals surface area contributed by atoms with Crippen molar-refractivity contribution in [2.75, 3.05) is 0 Å². The van der Waals surface area contributed by atoms with Crippen LogP contribution in [-0.4, -0.2) is 14.9 Å². The van der Waals surface area contributed by atoms with Crippen molar-refractivity contribution < 1.29 is 17.4 Å². The lowest BCUT2D eigenvalue weighted by Crippen LogP contribution is -2.02. The van der Waals surface area contributed by atoms with Crippen LogP contribution in [0.2, 0.25) is 0 Å². The highest BCUT2D eigenvalue weighted by Crippen LogP contribution is 2.37. The molecule has 0 N–H and O–H groups in total. The molecule has 0 saturated heterocycles. The topological polar surface area (TPSA) is 26.5 Å². The van der Waals surface area contributed by atoms with Gasteiger partial charge in [-0.25, -0.2) is 4.98 Å². The van der Waals surface area contributed by atoms with Crippen molar-refractivity contribution in [3.05, 3.63) is 66.7 Å². The summed E-state index contributed by atoms with van der Waals surface area (Å²) in [4.78, 5) is 4.72. The molecular weight excluding hydrogens is 373 g/mol. The number of alkyl halides is 3. The summed E-state index contributed by atoms with van der Waals surface area (Å²) < 4.78 is 44.3. The van der Waals surface area contributed by atoms with Crippen LogP contribution in [0.3, 0.4) is 0 Å². The van der Waals surface area contributed by atoms with Gasteiger partial charge in [-0.05, 0) is 41.8 Å². The highest BCUT2D eigenvalue weighted by molar-refractivity contribution is 7.95. The first-order chi connectivity index (χ1) is 13.0. The van der Waals surface area contributed by atoms with E-state index in [1.165, 1.54) is 0 Å². The zero-order valence-electron chi connectivity index (χ0n) is 13.7. The number of hydrogen-bond acceptors (Lipinski definition) is 3. The molecule has 0 aliphatic carbocycles. The highest BCUT2D eigenvalue weighted by atomic mass is 32.2. The second-order valence-electron chi connectivity index (χ2n) is 6.10. The minimum atomic E-state index is -4.46. The summed E-state index contributed by atoms with van der Waals surface area (Å²) in [6, 6.07) is 20.6. The molecule has 27 heavy (non-hydrogen) atoms. The van der Waals surface area contributed by atoms with Crippen LogP contribution in [0, 0.1) is 0 Å². The number of nitrogens with zero attached hydrogens (tertiary/aromatic N) is 2. The summed E-state index contributed by atoms with van der Waals surface area (Å²) >= 11 is -0.518. The number of benzene rings is 3. The Balaban J connectivity index is 1.87. The van der Waals surface area contributed by atoms with E-state index in [-0.39, 0.29) is 5.75 Å². The molecule has 0 bridgehead atoms. The van der Waals surface area contributed by atoms with Crippen molar-refractivity contribution in [3.63, 3.8) is 0 Å². The van der Waals surface area contributed by atoms with Crippen molar-refractivity contribution in [2.24, 2.45) is 0 Å². The molecule has 7 heteroatoms. The van der Waals surface area contributed by atoms with Gasteiger partial charge in [-0.1, -0.05) is 30.3 Å². The molecule has 0 aliphatic heterocycles. The van der Waals surface area contributed by atoms with Gasteiger partial charge in [-0.15, -0.1) is 0 Å². The maximum atomic E-state index is 12.5. The van der Waals surface area contributed by atoms with Gasteiger partial charge in [0.2, 0.25) is 0 Å². The Labute approximate surface area is 155 Å². The van der Waals surface area contributed by atoms with Crippen LogP contribution in [0.5, 0.6) is 5.75 Å². The third-order valence-corrected chi connectivity index (χ3v) is 4.93. The van der Waals surface area contributed by atoms with Crippen molar-refractivity contribution >= 4 is 50.4 Å². The van der Waals surface area contributed by atoms with Crippen LogP contribution in [0.1, 0.15) is 0 Å². The molecular formula is C20H11F3N2OS. The molecule has 0 unspecified atom stereocenters. The fourth-order valence-corrected chi connectivity index (χ4v) is 3.73. The number of para-hydroxylation sites is 3. The lowest BCUT2D eigenvalue weighted by atomic mass is 10.1. The van der Waals surface area contributed by atoms with Crippen molar-refractivity contribution in [1.82, 2.24) is 9.38 Å². The Morgan fingerprint density at radius 2 is 1.56 bits per heavy atom. The van der Waals surface area contributed by atoms with Gasteiger partial charge in [0.05, 0.1) is 16.6 Å². The van der Waals surface area contributed by atoms with E-state index in [1.54, 1.807) is 18.2 Å². The Bertz CT molecular complexity index is 1330. The third kappa shape index (κ3) is 2.66. The number of pyridine rings is 1. The van der Waals surface area contributed by atoms with Gasteiger partial charge in [-0.2, -0.15) is 13.2 Å². The largest absolute Gasteiger partial charge is 0.479 e. The summed E-state index contributed by atoms with van der Waals surface area (Å²) in [6.07, 6.45) is 0. The van der Waals surface area contributed by atoms with Gasteiger partial charge in [0.1, 0.15) is 11.4 Å². The van der Waals surface area contributed by atoms with E-state index in [0.717, 1.165) is 32.7 Å². The monoisotopic (exact) mass is 384 g/mol. The van der Waals surface area contributed by atoms with Crippen LogP contribution < -0.4 is 4.18 Å². The predicted octanol–water partition coefficient (Wildman–Crippen LogP) is 6.34. The summed E-state index contributed by atoms with van der Waals surface area (Å²) in [5.74, 6) is 0.133. The molecule has 0 aliphatic rings. The van der Waals surface area contributed by atoms with E-state index in [2.05, 4.69) is 0 Å². The normalized spacial score (nSPS) is 12.4. The molecule has 2 aromatic heterocycles. The summed E-state index contributed by atoms with van der Waals surface area (Å²) in [7, 11) is 0. The zero-order valence-corrected chi connectivity index (χ0v) is 14.5. The number of aromatic nitrogens is 2. The third-order valence-electron chi connectivity index (χ3n) is 4.46. The van der Waals surface area contributed by atoms with Crippen LogP contribution in [0.25, 0.3) is 38.4 Å². The number of hydrogen-bond donors (Lipinski definition) is 0. The molecule has 0 spiro atoms. The standard InChI is InChI=1S/C20H11F3N2OS/c21-20(22,23)27-26-12-9-10-13-14-5-1-3-7-17(14)25-18-8-4-2-6-16(18)24-19(25)15(13)11-12/h1-11H. The van der Waals surface area contributed by atoms with Gasteiger partial charge in [0.25, 0.3) is 0 Å². The van der Waals surface area contributed by atoms with Gasteiger partial charge >= 0.3 is 5.51 Å². The molecule has 5 aromatic rings. The number of rotatable bonds is 2. The molecule has 0 amide bonds. The maximum absolute atomic E-state index is 12.5. The molecule has 134 valence electrons. The van der Waals surface area contributed by atoms with E-state index in [0.29, 0.717) is 5.65 Å². The molecule has 0 saturated carbocycles. The molecule has 0 fully saturated rings.